The van der Waals surface area contributed by atoms with E-state index in [9.17, 15) is 30.4 Å². The summed E-state index contributed by atoms with van der Waals surface area (Å²) in [5.74, 6) is 0.272. The first-order valence-electron chi connectivity index (χ1n) is 12.0. The van der Waals surface area contributed by atoms with Crippen LogP contribution < -0.4 is 0 Å². The van der Waals surface area contributed by atoms with E-state index in [0.717, 1.165) is 47.9 Å². The predicted molar refractivity (Wildman–Crippen MR) is 138 cm³/mol. The van der Waals surface area contributed by atoms with Crippen LogP contribution in [0.1, 0.15) is 35.1 Å². The van der Waals surface area contributed by atoms with E-state index < -0.39 is 15.3 Å². The van der Waals surface area contributed by atoms with Gasteiger partial charge in [0.05, 0.1) is 9.85 Å². The molecule has 0 amide bonds. The van der Waals surface area contributed by atoms with Crippen LogP contribution in [0.3, 0.4) is 0 Å². The fraction of sp³-hybridized carbons (Fsp3) is 0.172. The summed E-state index contributed by atoms with van der Waals surface area (Å²) in [5.41, 5.74) is 5.59. The third-order valence-electron chi connectivity index (χ3n) is 7.91. The Hall–Kier alpha value is -4.72. The van der Waals surface area contributed by atoms with Crippen LogP contribution in [0, 0.1) is 20.2 Å². The monoisotopic (exact) mass is 494 g/mol. The molecule has 0 bridgehead atoms. The Kier molecular flexibility index (Phi) is 5.01. The fourth-order valence-corrected chi connectivity index (χ4v) is 6.19. The average Bonchev–Trinajstić information content (AvgIpc) is 3.47. The first kappa shape index (κ1) is 22.7. The van der Waals surface area contributed by atoms with Crippen molar-refractivity contribution in [2.24, 2.45) is 0 Å². The van der Waals surface area contributed by atoms with E-state index in [1.165, 1.54) is 24.3 Å². The first-order chi connectivity index (χ1) is 17.8. The highest BCUT2D eigenvalue weighted by atomic mass is 16.6. The summed E-state index contributed by atoms with van der Waals surface area (Å²) in [7, 11) is 0. The molecule has 8 heteroatoms. The first-order valence-corrected chi connectivity index (χ1v) is 12.0. The van der Waals surface area contributed by atoms with Gasteiger partial charge in [-0.25, -0.2) is 0 Å². The van der Waals surface area contributed by atoms with Gasteiger partial charge in [0, 0.05) is 51.9 Å². The molecule has 0 radical (unpaired) electrons. The second kappa shape index (κ2) is 8.16. The lowest BCUT2D eigenvalue weighted by Crippen LogP contribution is -2.21. The maximum atomic E-state index is 11.6. The van der Waals surface area contributed by atoms with Crippen LogP contribution in [-0.4, -0.2) is 20.1 Å². The molecule has 2 aliphatic rings. The number of nitro groups is 2. The van der Waals surface area contributed by atoms with Gasteiger partial charge in [-0.2, -0.15) is 0 Å². The highest BCUT2D eigenvalue weighted by Crippen LogP contribution is 2.59. The Bertz CT molecular complexity index is 1470. The van der Waals surface area contributed by atoms with Crippen LogP contribution >= 0.6 is 0 Å². The Labute approximate surface area is 211 Å². The van der Waals surface area contributed by atoms with Crippen LogP contribution in [0.2, 0.25) is 0 Å². The second-order valence-corrected chi connectivity index (χ2v) is 9.68. The Morgan fingerprint density at radius 3 is 1.32 bits per heavy atom. The van der Waals surface area contributed by atoms with Crippen molar-refractivity contribution in [2.45, 2.75) is 31.1 Å². The Morgan fingerprint density at radius 2 is 0.973 bits per heavy atom. The van der Waals surface area contributed by atoms with Gasteiger partial charge in [0.15, 0.2) is 0 Å². The molecule has 0 atom stereocenters. The molecule has 0 fully saturated rings. The molecule has 0 saturated heterocycles. The number of benzene rings is 4. The number of aryl methyl sites for hydroxylation is 2. The number of hydrogen-bond acceptors (Lipinski definition) is 6. The van der Waals surface area contributed by atoms with Crippen molar-refractivity contribution < 1.29 is 20.1 Å². The number of rotatable bonds is 4. The van der Waals surface area contributed by atoms with E-state index in [0.29, 0.717) is 22.3 Å². The summed E-state index contributed by atoms with van der Waals surface area (Å²) in [5, 5.41) is 45.3. The van der Waals surface area contributed by atoms with Crippen molar-refractivity contribution in [1.82, 2.24) is 0 Å². The molecule has 0 unspecified atom stereocenters. The van der Waals surface area contributed by atoms with Gasteiger partial charge < -0.3 is 10.2 Å². The minimum absolute atomic E-state index is 0.0192. The van der Waals surface area contributed by atoms with E-state index in [2.05, 4.69) is 0 Å². The third kappa shape index (κ3) is 3.36. The van der Waals surface area contributed by atoms with Gasteiger partial charge in [-0.1, -0.05) is 24.3 Å². The highest BCUT2D eigenvalue weighted by molar-refractivity contribution is 5.80. The van der Waals surface area contributed by atoms with Gasteiger partial charge in [0.25, 0.3) is 11.4 Å². The number of phenolic OH excluding ortho intramolecular Hbond substituents is 2. The van der Waals surface area contributed by atoms with E-state index in [1.54, 1.807) is 24.3 Å². The number of nitrogens with zero attached hydrogens (tertiary/aromatic N) is 2. The zero-order valence-corrected chi connectivity index (χ0v) is 19.7. The number of phenols is 2. The van der Waals surface area contributed by atoms with E-state index in [4.69, 9.17) is 0 Å². The maximum Gasteiger partial charge on any atom is 0.269 e. The maximum absolute atomic E-state index is 11.6. The van der Waals surface area contributed by atoms with Crippen molar-refractivity contribution in [3.8, 4) is 33.8 Å². The lowest BCUT2D eigenvalue weighted by molar-refractivity contribution is -0.385. The third-order valence-corrected chi connectivity index (χ3v) is 7.91. The summed E-state index contributed by atoms with van der Waals surface area (Å²) in [6.45, 7) is 0. The standard InChI is InChI=1S/C29H22N2O6/c32-27-23(17-1-7-21(8-2-17)30(34)35)11-5-19-13-15-29(25(19)27)16-14-20-6-12-24(28(33)26(20)29)18-3-9-22(10-4-18)31(36)37/h1-12,32-33H,13-16H2. The number of fused-ring (bicyclic) bond motifs is 4. The van der Waals surface area contributed by atoms with Crippen molar-refractivity contribution in [3.05, 3.63) is 115 Å². The van der Waals surface area contributed by atoms with Crippen molar-refractivity contribution in [1.29, 1.82) is 0 Å². The normalized spacial score (nSPS) is 14.9. The molecule has 0 aliphatic heterocycles. The van der Waals surface area contributed by atoms with Crippen LogP contribution in [-0.2, 0) is 18.3 Å². The number of non-ortho nitro benzene ring substituents is 2. The number of nitro benzene ring substituents is 2. The van der Waals surface area contributed by atoms with Crippen LogP contribution in [0.5, 0.6) is 11.5 Å². The van der Waals surface area contributed by atoms with E-state index in [-0.39, 0.29) is 22.9 Å². The van der Waals surface area contributed by atoms with Gasteiger partial charge in [0.2, 0.25) is 0 Å². The van der Waals surface area contributed by atoms with Crippen LogP contribution in [0.25, 0.3) is 22.3 Å². The van der Waals surface area contributed by atoms with Gasteiger partial charge in [-0.3, -0.25) is 20.2 Å². The van der Waals surface area contributed by atoms with Crippen molar-refractivity contribution in [3.63, 3.8) is 0 Å². The van der Waals surface area contributed by atoms with Crippen molar-refractivity contribution >= 4 is 11.4 Å². The molecular weight excluding hydrogens is 472 g/mol. The second-order valence-electron chi connectivity index (χ2n) is 9.68. The molecule has 8 nitrogen and oxygen atoms in total. The minimum atomic E-state index is -0.563. The molecule has 0 saturated carbocycles. The quantitative estimate of drug-likeness (QED) is 0.249. The van der Waals surface area contributed by atoms with Gasteiger partial charge in [-0.05, 0) is 72.2 Å². The van der Waals surface area contributed by atoms with Gasteiger partial charge in [-0.15, -0.1) is 0 Å². The SMILES string of the molecule is O=[N+]([O-])c1ccc(-c2ccc3c(c2O)C2(CC3)CCc3ccc(-c4ccc([N+](=O)[O-])cc4)c(O)c32)cc1. The molecule has 2 N–H and O–H groups in total. The molecule has 0 aromatic heterocycles. The zero-order valence-electron chi connectivity index (χ0n) is 19.7. The molecule has 6 rings (SSSR count). The molecule has 4 aromatic rings. The lowest BCUT2D eigenvalue weighted by atomic mass is 9.74. The Balaban J connectivity index is 1.48. The molecular formula is C29H22N2O6. The molecule has 37 heavy (non-hydrogen) atoms. The summed E-state index contributed by atoms with van der Waals surface area (Å²) in [6, 6.07) is 19.9. The Morgan fingerprint density at radius 1 is 0.595 bits per heavy atom. The molecule has 1 spiro atoms. The summed E-state index contributed by atoms with van der Waals surface area (Å²) in [4.78, 5) is 21.2. The van der Waals surface area contributed by atoms with Crippen LogP contribution in [0.15, 0.2) is 72.8 Å². The molecule has 0 heterocycles. The van der Waals surface area contributed by atoms with Gasteiger partial charge in [0.1, 0.15) is 11.5 Å². The number of aromatic hydroxyl groups is 2. The largest absolute Gasteiger partial charge is 0.507 e. The molecule has 4 aromatic carbocycles. The number of hydrogen-bond donors (Lipinski definition) is 2. The van der Waals surface area contributed by atoms with Gasteiger partial charge >= 0.3 is 0 Å². The van der Waals surface area contributed by atoms with E-state index >= 15 is 0 Å². The van der Waals surface area contributed by atoms with E-state index in [1.807, 2.05) is 24.3 Å². The lowest BCUT2D eigenvalue weighted by Gasteiger charge is -2.29. The zero-order chi connectivity index (χ0) is 25.9. The minimum Gasteiger partial charge on any atom is -0.507 e. The van der Waals surface area contributed by atoms with Crippen LogP contribution in [0.4, 0.5) is 11.4 Å². The average molecular weight is 495 g/mol. The summed E-state index contributed by atoms with van der Waals surface area (Å²) in [6.07, 6.45) is 2.99. The van der Waals surface area contributed by atoms with Crippen molar-refractivity contribution in [2.75, 3.05) is 0 Å². The summed E-state index contributed by atoms with van der Waals surface area (Å²) < 4.78 is 0. The predicted octanol–water partition coefficient (Wildman–Crippen LogP) is 6.43. The molecule has 2 aliphatic carbocycles. The summed E-state index contributed by atoms with van der Waals surface area (Å²) >= 11 is 0. The smallest absolute Gasteiger partial charge is 0.269 e. The fourth-order valence-electron chi connectivity index (χ4n) is 6.19. The topological polar surface area (TPSA) is 127 Å². The molecule has 184 valence electrons. The highest BCUT2D eigenvalue weighted by Gasteiger charge is 2.49.